The predicted octanol–water partition coefficient (Wildman–Crippen LogP) is 5.10. The summed E-state index contributed by atoms with van der Waals surface area (Å²) >= 11 is 0. The lowest BCUT2D eigenvalue weighted by molar-refractivity contribution is 0.110. The molecule has 142 valence electrons. The largest absolute Gasteiger partial charge is 0.491 e. The van der Waals surface area contributed by atoms with E-state index in [4.69, 9.17) is 14.2 Å². The van der Waals surface area contributed by atoms with Gasteiger partial charge in [0.25, 0.3) is 0 Å². The average molecular weight is 357 g/mol. The summed E-state index contributed by atoms with van der Waals surface area (Å²) in [5, 5.41) is 3.39. The van der Waals surface area contributed by atoms with Crippen molar-refractivity contribution in [3.63, 3.8) is 0 Å². The van der Waals surface area contributed by atoms with E-state index in [1.54, 1.807) is 0 Å². The molecule has 1 atom stereocenters. The third-order valence-electron chi connectivity index (χ3n) is 4.03. The summed E-state index contributed by atoms with van der Waals surface area (Å²) in [6, 6.07) is 16.3. The van der Waals surface area contributed by atoms with Crippen molar-refractivity contribution in [2.75, 3.05) is 31.7 Å². The van der Waals surface area contributed by atoms with E-state index in [0.717, 1.165) is 23.7 Å². The maximum atomic E-state index is 5.97. The molecule has 1 unspecified atom stereocenters. The molecule has 2 aromatic rings. The quantitative estimate of drug-likeness (QED) is 0.568. The predicted molar refractivity (Wildman–Crippen MR) is 108 cm³/mol. The minimum atomic E-state index is 0.0713. The van der Waals surface area contributed by atoms with Crippen LogP contribution < -0.4 is 14.8 Å². The van der Waals surface area contributed by atoms with Crippen molar-refractivity contribution in [1.82, 2.24) is 0 Å². The Balaban J connectivity index is 1.73. The first-order chi connectivity index (χ1) is 12.6. The molecule has 0 radical (unpaired) electrons. The summed E-state index contributed by atoms with van der Waals surface area (Å²) in [4.78, 5) is 0. The molecule has 0 fully saturated rings. The monoisotopic (exact) mass is 357 g/mol. The van der Waals surface area contributed by atoms with E-state index >= 15 is 0 Å². The minimum absolute atomic E-state index is 0.0713. The van der Waals surface area contributed by atoms with E-state index in [-0.39, 0.29) is 6.10 Å². The van der Waals surface area contributed by atoms with E-state index in [0.29, 0.717) is 25.7 Å². The van der Waals surface area contributed by atoms with Crippen LogP contribution in [0.15, 0.2) is 48.5 Å². The van der Waals surface area contributed by atoms with Crippen LogP contribution >= 0.6 is 0 Å². The second kappa shape index (κ2) is 10.7. The van der Waals surface area contributed by atoms with E-state index < -0.39 is 0 Å². The summed E-state index contributed by atoms with van der Waals surface area (Å²) in [5.74, 6) is 2.29. The van der Waals surface area contributed by atoms with Crippen LogP contribution in [-0.4, -0.2) is 32.5 Å². The molecule has 0 spiro atoms. The lowest BCUT2D eigenvalue weighted by Gasteiger charge is -2.17. The maximum Gasteiger partial charge on any atom is 0.119 e. The third-order valence-corrected chi connectivity index (χ3v) is 4.03. The van der Waals surface area contributed by atoms with Gasteiger partial charge in [-0.25, -0.2) is 0 Å². The highest BCUT2D eigenvalue weighted by atomic mass is 16.5. The first-order valence-electron chi connectivity index (χ1n) is 9.39. The van der Waals surface area contributed by atoms with Gasteiger partial charge in [0, 0.05) is 12.3 Å². The van der Waals surface area contributed by atoms with Gasteiger partial charge < -0.3 is 19.5 Å². The Labute approximate surface area is 157 Å². The fraction of sp³-hybridized carbons (Fsp3) is 0.455. The Morgan fingerprint density at radius 1 is 0.846 bits per heavy atom. The summed E-state index contributed by atoms with van der Waals surface area (Å²) in [6.45, 7) is 11.1. The van der Waals surface area contributed by atoms with Crippen LogP contribution in [0.4, 0.5) is 5.69 Å². The summed E-state index contributed by atoms with van der Waals surface area (Å²) in [6.07, 6.45) is 0.0713. The highest BCUT2D eigenvalue weighted by Gasteiger charge is 2.05. The van der Waals surface area contributed by atoms with Crippen molar-refractivity contribution in [1.29, 1.82) is 0 Å². The fourth-order valence-electron chi connectivity index (χ4n) is 2.50. The molecule has 0 aliphatic heterocycles. The third kappa shape index (κ3) is 6.96. The van der Waals surface area contributed by atoms with Crippen LogP contribution in [0.5, 0.6) is 11.5 Å². The van der Waals surface area contributed by atoms with Crippen LogP contribution in [0.25, 0.3) is 0 Å². The molecular weight excluding hydrogens is 326 g/mol. The average Bonchev–Trinajstić information content (AvgIpc) is 2.65. The zero-order chi connectivity index (χ0) is 18.8. The van der Waals surface area contributed by atoms with Crippen LogP contribution in [0.3, 0.4) is 0 Å². The molecule has 0 aliphatic rings. The molecule has 0 bridgehead atoms. The Bertz CT molecular complexity index is 623. The Morgan fingerprint density at radius 2 is 1.50 bits per heavy atom. The van der Waals surface area contributed by atoms with Gasteiger partial charge in [-0.15, -0.1) is 0 Å². The molecule has 4 heteroatoms. The minimum Gasteiger partial charge on any atom is -0.491 e. The first-order valence-corrected chi connectivity index (χ1v) is 9.39. The molecule has 1 N–H and O–H groups in total. The number of hydrogen-bond acceptors (Lipinski definition) is 4. The summed E-state index contributed by atoms with van der Waals surface area (Å²) in [5.41, 5.74) is 2.37. The molecule has 0 amide bonds. The normalized spacial score (nSPS) is 12.0. The SMILES string of the molecule is CCOCCOc1ccc(NCC(C)Oc2ccc(C(C)C)cc2)cc1. The number of anilines is 1. The van der Waals surface area contributed by atoms with Gasteiger partial charge in [-0.3, -0.25) is 0 Å². The van der Waals surface area contributed by atoms with Gasteiger partial charge in [-0.2, -0.15) is 0 Å². The zero-order valence-electron chi connectivity index (χ0n) is 16.3. The number of hydrogen-bond donors (Lipinski definition) is 1. The van der Waals surface area contributed by atoms with Crippen molar-refractivity contribution >= 4 is 5.69 Å². The van der Waals surface area contributed by atoms with Gasteiger partial charge in [0.1, 0.15) is 24.2 Å². The smallest absolute Gasteiger partial charge is 0.119 e. The van der Waals surface area contributed by atoms with Gasteiger partial charge in [0.15, 0.2) is 0 Å². The molecule has 0 saturated heterocycles. The number of nitrogens with one attached hydrogen (secondary N) is 1. The highest BCUT2D eigenvalue weighted by molar-refractivity contribution is 5.46. The zero-order valence-corrected chi connectivity index (χ0v) is 16.3. The van der Waals surface area contributed by atoms with E-state index in [2.05, 4.69) is 38.2 Å². The molecule has 2 aromatic carbocycles. The fourth-order valence-corrected chi connectivity index (χ4v) is 2.50. The lowest BCUT2D eigenvalue weighted by atomic mass is 10.0. The van der Waals surface area contributed by atoms with E-state index in [1.165, 1.54) is 5.56 Å². The first kappa shape index (κ1) is 20.1. The second-order valence-corrected chi connectivity index (χ2v) is 6.60. The standard InChI is InChI=1S/C22H31NO3/c1-5-24-14-15-25-21-12-8-20(9-13-21)23-16-18(4)26-22-10-6-19(7-11-22)17(2)3/h6-13,17-18,23H,5,14-16H2,1-4H3. The van der Waals surface area contributed by atoms with Crippen molar-refractivity contribution in [3.8, 4) is 11.5 Å². The number of ether oxygens (including phenoxy) is 3. The van der Waals surface area contributed by atoms with Gasteiger partial charge in [0.05, 0.1) is 13.2 Å². The van der Waals surface area contributed by atoms with Gasteiger partial charge in [-0.1, -0.05) is 26.0 Å². The summed E-state index contributed by atoms with van der Waals surface area (Å²) in [7, 11) is 0. The Morgan fingerprint density at radius 3 is 2.12 bits per heavy atom. The van der Waals surface area contributed by atoms with Gasteiger partial charge >= 0.3 is 0 Å². The molecular formula is C22H31NO3. The molecule has 26 heavy (non-hydrogen) atoms. The Hall–Kier alpha value is -2.20. The lowest BCUT2D eigenvalue weighted by Crippen LogP contribution is -2.22. The van der Waals surface area contributed by atoms with Crippen molar-refractivity contribution < 1.29 is 14.2 Å². The summed E-state index contributed by atoms with van der Waals surface area (Å²) < 4.78 is 16.8. The van der Waals surface area contributed by atoms with Crippen molar-refractivity contribution in [2.45, 2.75) is 39.7 Å². The molecule has 4 nitrogen and oxygen atoms in total. The number of benzene rings is 2. The molecule has 0 aliphatic carbocycles. The maximum absolute atomic E-state index is 5.97. The van der Waals surface area contributed by atoms with Crippen LogP contribution in [0, 0.1) is 0 Å². The van der Waals surface area contributed by atoms with E-state index in [9.17, 15) is 0 Å². The van der Waals surface area contributed by atoms with Crippen LogP contribution in [0.1, 0.15) is 39.2 Å². The molecule has 0 saturated carbocycles. The molecule has 2 rings (SSSR count). The van der Waals surface area contributed by atoms with Gasteiger partial charge in [-0.05, 0) is 61.7 Å². The number of rotatable bonds is 11. The Kier molecular flexibility index (Phi) is 8.29. The van der Waals surface area contributed by atoms with Crippen molar-refractivity contribution in [3.05, 3.63) is 54.1 Å². The van der Waals surface area contributed by atoms with Crippen molar-refractivity contribution in [2.24, 2.45) is 0 Å². The van der Waals surface area contributed by atoms with Crippen LogP contribution in [0.2, 0.25) is 0 Å². The topological polar surface area (TPSA) is 39.7 Å². The van der Waals surface area contributed by atoms with E-state index in [1.807, 2.05) is 43.3 Å². The molecule has 0 heterocycles. The second-order valence-electron chi connectivity index (χ2n) is 6.60. The van der Waals surface area contributed by atoms with Gasteiger partial charge in [0.2, 0.25) is 0 Å². The highest BCUT2D eigenvalue weighted by Crippen LogP contribution is 2.20. The molecule has 0 aromatic heterocycles. The van der Waals surface area contributed by atoms with Crippen LogP contribution in [-0.2, 0) is 4.74 Å².